The number of aryl methyl sites for hydroxylation is 2. The molecule has 15 heavy (non-hydrogen) atoms. The summed E-state index contributed by atoms with van der Waals surface area (Å²) in [5.74, 6) is 0. The maximum absolute atomic E-state index is 5.88. The molecular formula is C13H16N2. The van der Waals surface area contributed by atoms with Gasteiger partial charge < -0.3 is 5.73 Å². The van der Waals surface area contributed by atoms with Gasteiger partial charge >= 0.3 is 0 Å². The van der Waals surface area contributed by atoms with E-state index >= 15 is 0 Å². The predicted molar refractivity (Wildman–Crippen MR) is 63.8 cm³/mol. The lowest BCUT2D eigenvalue weighted by Crippen LogP contribution is -2.05. The molecule has 1 aromatic carbocycles. The molecule has 0 bridgehead atoms. The van der Waals surface area contributed by atoms with Crippen LogP contribution in [0.1, 0.15) is 29.8 Å². The maximum Gasteiger partial charge on any atom is 0.0734 e. The number of aromatic nitrogens is 1. The van der Waals surface area contributed by atoms with Gasteiger partial charge in [-0.15, -0.1) is 0 Å². The van der Waals surface area contributed by atoms with Crippen LogP contribution in [0.4, 0.5) is 0 Å². The van der Waals surface area contributed by atoms with Crippen molar-refractivity contribution in [2.45, 2.75) is 26.8 Å². The zero-order valence-corrected chi connectivity index (χ0v) is 9.41. The molecular weight excluding hydrogens is 184 g/mol. The van der Waals surface area contributed by atoms with E-state index in [1.807, 2.05) is 19.9 Å². The predicted octanol–water partition coefficient (Wildman–Crippen LogP) is 2.87. The minimum absolute atomic E-state index is 0.0782. The zero-order valence-electron chi connectivity index (χ0n) is 9.41. The summed E-state index contributed by atoms with van der Waals surface area (Å²) in [6.45, 7) is 6.10. The van der Waals surface area contributed by atoms with Crippen LogP contribution in [-0.2, 0) is 0 Å². The lowest BCUT2D eigenvalue weighted by atomic mass is 10.0. The van der Waals surface area contributed by atoms with Gasteiger partial charge in [-0.3, -0.25) is 4.98 Å². The van der Waals surface area contributed by atoms with Crippen molar-refractivity contribution in [1.82, 2.24) is 4.98 Å². The summed E-state index contributed by atoms with van der Waals surface area (Å²) in [5, 5.41) is 1.17. The lowest BCUT2D eigenvalue weighted by Gasteiger charge is -2.09. The Bertz CT molecular complexity index is 501. The Hall–Kier alpha value is -1.41. The van der Waals surface area contributed by atoms with Gasteiger partial charge in [0.05, 0.1) is 5.52 Å². The van der Waals surface area contributed by atoms with Crippen molar-refractivity contribution in [3.05, 3.63) is 41.1 Å². The molecule has 0 fully saturated rings. The molecule has 78 valence electrons. The second-order valence-electron chi connectivity index (χ2n) is 4.15. The molecule has 2 rings (SSSR count). The summed E-state index contributed by atoms with van der Waals surface area (Å²) in [4.78, 5) is 4.53. The van der Waals surface area contributed by atoms with E-state index in [4.69, 9.17) is 5.73 Å². The van der Waals surface area contributed by atoms with E-state index in [-0.39, 0.29) is 6.04 Å². The molecule has 0 aliphatic heterocycles. The monoisotopic (exact) mass is 200 g/mol. The highest BCUT2D eigenvalue weighted by molar-refractivity contribution is 5.82. The smallest absolute Gasteiger partial charge is 0.0734 e. The maximum atomic E-state index is 5.88. The molecule has 0 saturated carbocycles. The highest BCUT2D eigenvalue weighted by Crippen LogP contribution is 2.22. The Morgan fingerprint density at radius 2 is 1.93 bits per heavy atom. The van der Waals surface area contributed by atoms with Crippen LogP contribution in [0.5, 0.6) is 0 Å². The van der Waals surface area contributed by atoms with Crippen molar-refractivity contribution in [2.75, 3.05) is 0 Å². The Morgan fingerprint density at radius 3 is 2.60 bits per heavy atom. The molecule has 0 amide bonds. The second kappa shape index (κ2) is 3.63. The van der Waals surface area contributed by atoms with Crippen LogP contribution in [-0.4, -0.2) is 4.98 Å². The number of nitrogens with two attached hydrogens (primary N) is 1. The third-order valence-electron chi connectivity index (χ3n) is 2.67. The van der Waals surface area contributed by atoms with Crippen molar-refractivity contribution in [3.8, 4) is 0 Å². The molecule has 0 saturated heterocycles. The first kappa shape index (κ1) is 10.1. The van der Waals surface area contributed by atoms with Crippen molar-refractivity contribution in [2.24, 2.45) is 5.73 Å². The standard InChI is InChI=1S/C13H16N2/c1-8-6-12(10(3)14)7-11-5-4-9(2)15-13(8)11/h4-7,10H,14H2,1-3H3. The summed E-state index contributed by atoms with van der Waals surface area (Å²) in [7, 11) is 0. The molecule has 2 N–H and O–H groups in total. The zero-order chi connectivity index (χ0) is 11.0. The molecule has 2 heteroatoms. The van der Waals surface area contributed by atoms with Gasteiger partial charge in [0.25, 0.3) is 0 Å². The van der Waals surface area contributed by atoms with Crippen LogP contribution < -0.4 is 5.73 Å². The summed E-state index contributed by atoms with van der Waals surface area (Å²) >= 11 is 0. The Balaban J connectivity index is 2.73. The van der Waals surface area contributed by atoms with E-state index in [1.54, 1.807) is 0 Å². The van der Waals surface area contributed by atoms with Crippen molar-refractivity contribution in [3.63, 3.8) is 0 Å². The quantitative estimate of drug-likeness (QED) is 0.768. The number of benzene rings is 1. The fourth-order valence-electron chi connectivity index (χ4n) is 1.80. The number of fused-ring (bicyclic) bond motifs is 1. The normalized spacial score (nSPS) is 13.1. The van der Waals surface area contributed by atoms with E-state index in [9.17, 15) is 0 Å². The largest absolute Gasteiger partial charge is 0.324 e. The van der Waals surface area contributed by atoms with Crippen molar-refractivity contribution >= 4 is 10.9 Å². The molecule has 0 aliphatic rings. The first-order chi connectivity index (χ1) is 7.08. The van der Waals surface area contributed by atoms with Crippen LogP contribution in [0.3, 0.4) is 0 Å². The van der Waals surface area contributed by atoms with Gasteiger partial charge in [-0.1, -0.05) is 12.1 Å². The summed E-state index contributed by atoms with van der Waals surface area (Å²) in [6.07, 6.45) is 0. The molecule has 1 atom stereocenters. The summed E-state index contributed by atoms with van der Waals surface area (Å²) in [6, 6.07) is 8.47. The van der Waals surface area contributed by atoms with Gasteiger partial charge in [0.2, 0.25) is 0 Å². The van der Waals surface area contributed by atoms with E-state index in [0.29, 0.717) is 0 Å². The fourth-order valence-corrected chi connectivity index (χ4v) is 1.80. The number of hydrogen-bond acceptors (Lipinski definition) is 2. The molecule has 0 spiro atoms. The fraction of sp³-hybridized carbons (Fsp3) is 0.308. The SMILES string of the molecule is Cc1ccc2cc(C(C)N)cc(C)c2n1. The van der Waals surface area contributed by atoms with Gasteiger partial charge in [0, 0.05) is 17.1 Å². The van der Waals surface area contributed by atoms with E-state index < -0.39 is 0 Å². The Kier molecular flexibility index (Phi) is 2.45. The van der Waals surface area contributed by atoms with Crippen LogP contribution >= 0.6 is 0 Å². The first-order valence-electron chi connectivity index (χ1n) is 5.21. The second-order valence-corrected chi connectivity index (χ2v) is 4.15. The number of pyridine rings is 1. The highest BCUT2D eigenvalue weighted by Gasteiger charge is 2.05. The number of rotatable bonds is 1. The minimum atomic E-state index is 0.0782. The van der Waals surface area contributed by atoms with Crippen molar-refractivity contribution < 1.29 is 0 Å². The average molecular weight is 200 g/mol. The third-order valence-corrected chi connectivity index (χ3v) is 2.67. The van der Waals surface area contributed by atoms with E-state index in [1.165, 1.54) is 16.5 Å². The van der Waals surface area contributed by atoms with Gasteiger partial charge in [0.15, 0.2) is 0 Å². The molecule has 0 aliphatic carbocycles. The van der Waals surface area contributed by atoms with Crippen LogP contribution in [0, 0.1) is 13.8 Å². The molecule has 2 nitrogen and oxygen atoms in total. The first-order valence-corrected chi connectivity index (χ1v) is 5.21. The molecule has 1 aromatic heterocycles. The van der Waals surface area contributed by atoms with Gasteiger partial charge in [-0.25, -0.2) is 0 Å². The summed E-state index contributed by atoms with van der Waals surface area (Å²) in [5.41, 5.74) is 10.4. The molecule has 2 aromatic rings. The van der Waals surface area contributed by atoms with Crippen molar-refractivity contribution in [1.29, 1.82) is 0 Å². The summed E-state index contributed by atoms with van der Waals surface area (Å²) < 4.78 is 0. The topological polar surface area (TPSA) is 38.9 Å². The van der Waals surface area contributed by atoms with Gasteiger partial charge in [-0.05, 0) is 44.0 Å². The number of hydrogen-bond donors (Lipinski definition) is 1. The van der Waals surface area contributed by atoms with E-state index in [0.717, 1.165) is 11.2 Å². The van der Waals surface area contributed by atoms with Crippen LogP contribution in [0.15, 0.2) is 24.3 Å². The van der Waals surface area contributed by atoms with E-state index in [2.05, 4.69) is 30.1 Å². The average Bonchev–Trinajstić information content (AvgIpc) is 2.18. The lowest BCUT2D eigenvalue weighted by molar-refractivity contribution is 0.818. The van der Waals surface area contributed by atoms with Crippen LogP contribution in [0.2, 0.25) is 0 Å². The highest BCUT2D eigenvalue weighted by atomic mass is 14.7. The molecule has 1 heterocycles. The van der Waals surface area contributed by atoms with Crippen LogP contribution in [0.25, 0.3) is 10.9 Å². The molecule has 1 unspecified atom stereocenters. The minimum Gasteiger partial charge on any atom is -0.324 e. The van der Waals surface area contributed by atoms with Gasteiger partial charge in [0.1, 0.15) is 0 Å². The third kappa shape index (κ3) is 1.85. The molecule has 0 radical (unpaired) electrons. The Morgan fingerprint density at radius 1 is 1.20 bits per heavy atom. The Labute approximate surface area is 90.1 Å². The van der Waals surface area contributed by atoms with Gasteiger partial charge in [-0.2, -0.15) is 0 Å². The number of nitrogens with zero attached hydrogens (tertiary/aromatic N) is 1.